The third kappa shape index (κ3) is 2.97. The van der Waals surface area contributed by atoms with Crippen molar-refractivity contribution in [2.75, 3.05) is 0 Å². The molecule has 9 heteroatoms. The molecule has 2 N–H and O–H groups in total. The van der Waals surface area contributed by atoms with Crippen LogP contribution in [0.1, 0.15) is 16.2 Å². The summed E-state index contributed by atoms with van der Waals surface area (Å²) in [6.07, 6.45) is 2.98. The summed E-state index contributed by atoms with van der Waals surface area (Å²) in [6.45, 7) is 0.218. The predicted molar refractivity (Wildman–Crippen MR) is 101 cm³/mol. The molecule has 4 aromatic rings. The van der Waals surface area contributed by atoms with Gasteiger partial charge in [0.05, 0.1) is 29.9 Å². The lowest BCUT2D eigenvalue weighted by Crippen LogP contribution is -2.28. The van der Waals surface area contributed by atoms with Crippen LogP contribution in [0.3, 0.4) is 0 Å². The number of carbonyl (C=O) groups is 1. The number of nitrogens with one attached hydrogen (secondary N) is 2. The lowest BCUT2D eigenvalue weighted by molar-refractivity contribution is 0.0938. The molecule has 0 saturated carbocycles. The maximum atomic E-state index is 13.0. The summed E-state index contributed by atoms with van der Waals surface area (Å²) in [6, 6.07) is 10.6. The van der Waals surface area contributed by atoms with Crippen LogP contribution in [0, 0.1) is 4.77 Å². The summed E-state index contributed by atoms with van der Waals surface area (Å²) >= 11 is 5.36. The van der Waals surface area contributed by atoms with Gasteiger partial charge in [-0.1, -0.05) is 12.1 Å². The Kier molecular flexibility index (Phi) is 4.21. The van der Waals surface area contributed by atoms with Crippen molar-refractivity contribution in [3.05, 3.63) is 75.4 Å². The normalized spacial score (nSPS) is 11.0. The van der Waals surface area contributed by atoms with Gasteiger partial charge in [-0.2, -0.15) is 5.10 Å². The number of nitrogens with zero attached hydrogens (tertiary/aromatic N) is 3. The average molecular weight is 381 g/mol. The molecule has 136 valence electrons. The third-order valence-electron chi connectivity index (χ3n) is 4.18. The largest absolute Gasteiger partial charge is 0.467 e. The molecule has 3 heterocycles. The van der Waals surface area contributed by atoms with Crippen molar-refractivity contribution in [1.82, 2.24) is 24.6 Å². The highest BCUT2D eigenvalue weighted by molar-refractivity contribution is 7.71. The highest BCUT2D eigenvalue weighted by Gasteiger charge is 2.21. The molecule has 0 bridgehead atoms. The number of amides is 1. The maximum absolute atomic E-state index is 13.0. The Morgan fingerprint density at radius 2 is 2.11 bits per heavy atom. The lowest BCUT2D eigenvalue weighted by Gasteiger charge is -2.10. The molecule has 1 amide bonds. The minimum absolute atomic E-state index is 0.187. The van der Waals surface area contributed by atoms with Gasteiger partial charge < -0.3 is 14.7 Å². The quantitative estimate of drug-likeness (QED) is 0.529. The zero-order valence-corrected chi connectivity index (χ0v) is 15.1. The molecule has 0 aliphatic rings. The molecular weight excluding hydrogens is 366 g/mol. The summed E-state index contributed by atoms with van der Waals surface area (Å²) in [5, 5.41) is 7.36. The Morgan fingerprint density at radius 1 is 1.30 bits per heavy atom. The summed E-state index contributed by atoms with van der Waals surface area (Å²) < 4.78 is 8.10. The molecule has 0 radical (unpaired) electrons. The van der Waals surface area contributed by atoms with Crippen molar-refractivity contribution in [1.29, 1.82) is 0 Å². The monoisotopic (exact) mass is 381 g/mol. The Morgan fingerprint density at radius 3 is 2.89 bits per heavy atom. The number of benzene rings is 1. The van der Waals surface area contributed by atoms with Crippen LogP contribution < -0.4 is 10.9 Å². The first-order valence-corrected chi connectivity index (χ1v) is 8.54. The van der Waals surface area contributed by atoms with Gasteiger partial charge in [-0.3, -0.25) is 14.3 Å². The lowest BCUT2D eigenvalue weighted by atomic mass is 10.2. The van der Waals surface area contributed by atoms with Gasteiger partial charge in [0, 0.05) is 7.05 Å². The highest BCUT2D eigenvalue weighted by atomic mass is 32.1. The molecule has 1 aromatic carbocycles. The average Bonchev–Trinajstić information content (AvgIpc) is 3.30. The minimum atomic E-state index is -0.393. The van der Waals surface area contributed by atoms with E-state index in [9.17, 15) is 9.59 Å². The van der Waals surface area contributed by atoms with E-state index in [1.54, 1.807) is 37.4 Å². The second-order valence-electron chi connectivity index (χ2n) is 5.88. The van der Waals surface area contributed by atoms with Gasteiger partial charge in [0.15, 0.2) is 4.77 Å². The molecule has 4 rings (SSSR count). The molecule has 0 saturated heterocycles. The van der Waals surface area contributed by atoms with E-state index in [4.69, 9.17) is 16.6 Å². The minimum Gasteiger partial charge on any atom is -0.467 e. The Balaban J connectivity index is 1.80. The van der Waals surface area contributed by atoms with Crippen LogP contribution in [-0.2, 0) is 13.6 Å². The zero-order valence-electron chi connectivity index (χ0n) is 14.3. The first-order chi connectivity index (χ1) is 13.1. The second-order valence-corrected chi connectivity index (χ2v) is 6.27. The molecule has 0 aliphatic heterocycles. The number of H-pyrrole nitrogens is 1. The first-order valence-electron chi connectivity index (χ1n) is 8.13. The van der Waals surface area contributed by atoms with E-state index in [1.165, 1.54) is 21.7 Å². The first kappa shape index (κ1) is 17.0. The molecular formula is C18H15N5O3S. The van der Waals surface area contributed by atoms with Crippen LogP contribution in [0.5, 0.6) is 0 Å². The number of rotatable bonds is 4. The molecule has 0 aliphatic carbocycles. The van der Waals surface area contributed by atoms with Crippen molar-refractivity contribution < 1.29 is 9.21 Å². The van der Waals surface area contributed by atoms with Crippen LogP contribution in [-0.4, -0.2) is 25.2 Å². The van der Waals surface area contributed by atoms with Crippen molar-refractivity contribution in [2.45, 2.75) is 6.54 Å². The fourth-order valence-corrected chi connectivity index (χ4v) is 3.19. The molecule has 0 fully saturated rings. The zero-order chi connectivity index (χ0) is 19.0. The van der Waals surface area contributed by atoms with Gasteiger partial charge in [0.1, 0.15) is 17.1 Å². The predicted octanol–water partition coefficient (Wildman–Crippen LogP) is 2.30. The fraction of sp³-hybridized carbons (Fsp3) is 0.111. The van der Waals surface area contributed by atoms with Crippen molar-refractivity contribution >= 4 is 29.0 Å². The number of aromatic amines is 1. The van der Waals surface area contributed by atoms with Gasteiger partial charge in [0.25, 0.3) is 11.5 Å². The maximum Gasteiger partial charge on any atom is 0.272 e. The number of para-hydroxylation sites is 1. The van der Waals surface area contributed by atoms with Crippen LogP contribution >= 0.6 is 12.2 Å². The van der Waals surface area contributed by atoms with E-state index in [1.807, 2.05) is 6.07 Å². The number of aromatic nitrogens is 4. The van der Waals surface area contributed by atoms with E-state index in [-0.39, 0.29) is 22.6 Å². The van der Waals surface area contributed by atoms with E-state index in [0.29, 0.717) is 22.4 Å². The van der Waals surface area contributed by atoms with Gasteiger partial charge in [-0.05, 0) is 36.5 Å². The van der Waals surface area contributed by atoms with Gasteiger partial charge in [0.2, 0.25) is 0 Å². The van der Waals surface area contributed by atoms with Gasteiger partial charge in [-0.15, -0.1) is 0 Å². The van der Waals surface area contributed by atoms with E-state index >= 15 is 0 Å². The number of carbonyl (C=O) groups excluding carboxylic acids is 1. The SMILES string of the molecule is Cn1ncc(-n2c(=S)[nH]c3ccccc3c2=O)c1C(=O)NCc1ccco1. The van der Waals surface area contributed by atoms with Crippen molar-refractivity contribution in [3.63, 3.8) is 0 Å². The molecule has 3 aromatic heterocycles. The van der Waals surface area contributed by atoms with Crippen molar-refractivity contribution in [3.8, 4) is 5.69 Å². The Hall–Kier alpha value is -3.46. The summed E-state index contributed by atoms with van der Waals surface area (Å²) in [7, 11) is 1.63. The van der Waals surface area contributed by atoms with Crippen LogP contribution in [0.15, 0.2) is 58.1 Å². The van der Waals surface area contributed by atoms with E-state index in [2.05, 4.69) is 15.4 Å². The number of furan rings is 1. The number of aryl methyl sites for hydroxylation is 1. The summed E-state index contributed by atoms with van der Waals surface area (Å²) in [5.41, 5.74) is 0.851. The van der Waals surface area contributed by atoms with Crippen molar-refractivity contribution in [2.24, 2.45) is 7.05 Å². The molecule has 0 unspecified atom stereocenters. The Labute approximate surface area is 158 Å². The fourth-order valence-electron chi connectivity index (χ4n) is 2.90. The number of fused-ring (bicyclic) bond motifs is 1. The smallest absolute Gasteiger partial charge is 0.272 e. The highest BCUT2D eigenvalue weighted by Crippen LogP contribution is 2.15. The summed E-state index contributed by atoms with van der Waals surface area (Å²) in [5.74, 6) is 0.225. The molecule has 8 nitrogen and oxygen atoms in total. The Bertz CT molecular complexity index is 1250. The topological polar surface area (TPSA) is 97.9 Å². The summed E-state index contributed by atoms with van der Waals surface area (Å²) in [4.78, 5) is 28.7. The molecule has 0 atom stereocenters. The molecule has 0 spiro atoms. The molecule has 27 heavy (non-hydrogen) atoms. The van der Waals surface area contributed by atoms with Crippen LogP contribution in [0.25, 0.3) is 16.6 Å². The van der Waals surface area contributed by atoms with E-state index < -0.39 is 5.91 Å². The standard InChI is InChI=1S/C18H15N5O3S/c1-22-15(16(24)19-9-11-5-4-8-26-11)14(10-20-22)23-17(25)12-6-2-3-7-13(12)21-18(23)27/h2-8,10H,9H2,1H3,(H,19,24)(H,21,27). The van der Waals surface area contributed by atoms with Gasteiger partial charge in [-0.25, -0.2) is 4.57 Å². The van der Waals surface area contributed by atoms with Gasteiger partial charge >= 0.3 is 0 Å². The van der Waals surface area contributed by atoms with Crippen LogP contribution in [0.4, 0.5) is 0 Å². The number of hydrogen-bond acceptors (Lipinski definition) is 5. The third-order valence-corrected chi connectivity index (χ3v) is 4.47. The second kappa shape index (κ2) is 6.69. The van der Waals surface area contributed by atoms with Crippen LogP contribution in [0.2, 0.25) is 0 Å². The number of hydrogen-bond donors (Lipinski definition) is 2. The van der Waals surface area contributed by atoms with E-state index in [0.717, 1.165) is 0 Å².